The Hall–Kier alpha value is -1.93. The minimum Gasteiger partial charge on any atom is -0.313 e. The van der Waals surface area contributed by atoms with E-state index in [4.69, 9.17) is 0 Å². The van der Waals surface area contributed by atoms with Crippen LogP contribution in [0.3, 0.4) is 0 Å². The lowest BCUT2D eigenvalue weighted by Gasteiger charge is -2.06. The highest BCUT2D eigenvalue weighted by Gasteiger charge is 2.39. The largest absolute Gasteiger partial charge is 0.313 e. The van der Waals surface area contributed by atoms with Crippen LogP contribution in [0.2, 0.25) is 0 Å². The Labute approximate surface area is 150 Å². The highest BCUT2D eigenvalue weighted by molar-refractivity contribution is 5.96. The molecule has 2 fully saturated rings. The first-order chi connectivity index (χ1) is 12.3. The average molecular weight is 333 g/mol. The topological polar surface area (TPSA) is 29.1 Å². The number of carbonyl (C=O) groups is 1. The minimum atomic E-state index is 0.279. The van der Waals surface area contributed by atoms with E-state index >= 15 is 0 Å². The number of nitrogens with one attached hydrogen (secondary N) is 1. The summed E-state index contributed by atoms with van der Waals surface area (Å²) in [5.41, 5.74) is 3.53. The smallest absolute Gasteiger partial charge is 0.162 e. The van der Waals surface area contributed by atoms with E-state index in [1.807, 2.05) is 12.1 Å². The molecule has 0 saturated heterocycles. The number of aryl methyl sites for hydroxylation is 1. The quantitative estimate of drug-likeness (QED) is 0.671. The van der Waals surface area contributed by atoms with Gasteiger partial charge in [0.2, 0.25) is 0 Å². The first-order valence-electron chi connectivity index (χ1n) is 9.70. The molecule has 0 amide bonds. The maximum atomic E-state index is 12.5. The zero-order valence-corrected chi connectivity index (χ0v) is 14.8. The Morgan fingerprint density at radius 1 is 1.04 bits per heavy atom. The predicted octanol–water partition coefficient (Wildman–Crippen LogP) is 4.75. The number of benzene rings is 2. The summed E-state index contributed by atoms with van der Waals surface area (Å²) in [5, 5.41) is 3.68. The van der Waals surface area contributed by atoms with Gasteiger partial charge in [0.25, 0.3) is 0 Å². The Bertz CT molecular complexity index is 720. The first kappa shape index (κ1) is 16.5. The van der Waals surface area contributed by atoms with Crippen LogP contribution >= 0.6 is 0 Å². The van der Waals surface area contributed by atoms with Crippen LogP contribution in [0.4, 0.5) is 0 Å². The third-order valence-corrected chi connectivity index (χ3v) is 5.50. The van der Waals surface area contributed by atoms with Crippen LogP contribution in [0.5, 0.6) is 0 Å². The highest BCUT2D eigenvalue weighted by Crippen LogP contribution is 2.41. The molecule has 4 rings (SSSR count). The monoisotopic (exact) mass is 333 g/mol. The first-order valence-corrected chi connectivity index (χ1v) is 9.70. The van der Waals surface area contributed by atoms with Crippen molar-refractivity contribution in [3.8, 4) is 0 Å². The molecule has 2 aliphatic rings. The Morgan fingerprint density at radius 3 is 2.68 bits per heavy atom. The SMILES string of the molecule is O=C(CCCc1ccccc1)c1cccc(C2CC2NCC2CC2)c1. The van der Waals surface area contributed by atoms with Gasteiger partial charge in [0.05, 0.1) is 0 Å². The molecule has 2 unspecified atom stereocenters. The van der Waals surface area contributed by atoms with Gasteiger partial charge in [-0.3, -0.25) is 4.79 Å². The zero-order chi connectivity index (χ0) is 17.1. The number of carbonyl (C=O) groups excluding carboxylic acids is 1. The fourth-order valence-electron chi connectivity index (χ4n) is 3.61. The Balaban J connectivity index is 1.27. The molecular weight excluding hydrogens is 306 g/mol. The molecule has 0 heterocycles. The Kier molecular flexibility index (Phi) is 4.98. The lowest BCUT2D eigenvalue weighted by Crippen LogP contribution is -2.20. The normalized spacial score (nSPS) is 21.9. The summed E-state index contributed by atoms with van der Waals surface area (Å²) in [5.74, 6) is 1.82. The van der Waals surface area contributed by atoms with Crippen molar-refractivity contribution in [3.05, 3.63) is 71.3 Å². The maximum Gasteiger partial charge on any atom is 0.162 e. The van der Waals surface area contributed by atoms with Crippen LogP contribution in [0.15, 0.2) is 54.6 Å². The fourth-order valence-corrected chi connectivity index (χ4v) is 3.61. The van der Waals surface area contributed by atoms with Crippen LogP contribution in [-0.2, 0) is 6.42 Å². The standard InChI is InChI=1S/C23H27NO/c25-23(11-4-8-17-6-2-1-3-7-17)20-10-5-9-19(14-20)21-15-22(21)24-16-18-12-13-18/h1-3,5-7,9-10,14,18,21-22,24H,4,8,11-13,15-16H2. The number of hydrogen-bond donors (Lipinski definition) is 1. The van der Waals surface area contributed by atoms with Gasteiger partial charge >= 0.3 is 0 Å². The second-order valence-corrected chi connectivity index (χ2v) is 7.69. The molecule has 2 aromatic carbocycles. The van der Waals surface area contributed by atoms with E-state index in [2.05, 4.69) is 47.8 Å². The highest BCUT2D eigenvalue weighted by atomic mass is 16.1. The molecule has 2 aromatic rings. The lowest BCUT2D eigenvalue weighted by atomic mass is 10.00. The van der Waals surface area contributed by atoms with Gasteiger partial charge in [0.1, 0.15) is 0 Å². The number of ketones is 1. The van der Waals surface area contributed by atoms with E-state index in [1.54, 1.807) is 0 Å². The van der Waals surface area contributed by atoms with Gasteiger partial charge in [-0.05, 0) is 61.8 Å². The molecule has 2 atom stereocenters. The van der Waals surface area contributed by atoms with Gasteiger partial charge in [-0.1, -0.05) is 48.5 Å². The Morgan fingerprint density at radius 2 is 1.88 bits per heavy atom. The second kappa shape index (κ2) is 7.53. The summed E-state index contributed by atoms with van der Waals surface area (Å²) < 4.78 is 0. The average Bonchev–Trinajstić information content (AvgIpc) is 3.55. The van der Waals surface area contributed by atoms with E-state index in [0.717, 1.165) is 24.3 Å². The van der Waals surface area contributed by atoms with Gasteiger partial charge < -0.3 is 5.32 Å². The van der Waals surface area contributed by atoms with Crippen LogP contribution in [0.25, 0.3) is 0 Å². The van der Waals surface area contributed by atoms with Crippen LogP contribution in [-0.4, -0.2) is 18.4 Å². The molecule has 2 nitrogen and oxygen atoms in total. The number of hydrogen-bond acceptors (Lipinski definition) is 2. The minimum absolute atomic E-state index is 0.279. The van der Waals surface area contributed by atoms with E-state index in [-0.39, 0.29) is 5.78 Å². The zero-order valence-electron chi connectivity index (χ0n) is 14.8. The van der Waals surface area contributed by atoms with Gasteiger partial charge in [0, 0.05) is 23.9 Å². The summed E-state index contributed by atoms with van der Waals surface area (Å²) >= 11 is 0. The third kappa shape index (κ3) is 4.58. The van der Waals surface area contributed by atoms with Crippen molar-refractivity contribution in [2.45, 2.75) is 50.5 Å². The molecule has 2 heteroatoms. The summed E-state index contributed by atoms with van der Waals surface area (Å²) in [4.78, 5) is 12.5. The molecule has 2 saturated carbocycles. The van der Waals surface area contributed by atoms with E-state index in [9.17, 15) is 4.79 Å². The van der Waals surface area contributed by atoms with Crippen LogP contribution < -0.4 is 5.32 Å². The number of rotatable bonds is 9. The van der Waals surface area contributed by atoms with E-state index in [1.165, 1.54) is 36.9 Å². The summed E-state index contributed by atoms with van der Waals surface area (Å²) in [6.07, 6.45) is 6.55. The molecule has 130 valence electrons. The van der Waals surface area contributed by atoms with Gasteiger partial charge in [-0.15, -0.1) is 0 Å². The van der Waals surface area contributed by atoms with Crippen molar-refractivity contribution in [2.75, 3.05) is 6.54 Å². The van der Waals surface area contributed by atoms with Crippen molar-refractivity contribution >= 4 is 5.78 Å². The van der Waals surface area contributed by atoms with Crippen molar-refractivity contribution in [1.82, 2.24) is 5.32 Å². The van der Waals surface area contributed by atoms with Crippen molar-refractivity contribution in [2.24, 2.45) is 5.92 Å². The molecule has 0 aliphatic heterocycles. The fraction of sp³-hybridized carbons (Fsp3) is 0.435. The van der Waals surface area contributed by atoms with E-state index < -0.39 is 0 Å². The molecule has 0 radical (unpaired) electrons. The van der Waals surface area contributed by atoms with Crippen molar-refractivity contribution in [3.63, 3.8) is 0 Å². The van der Waals surface area contributed by atoms with Crippen LogP contribution in [0, 0.1) is 5.92 Å². The molecular formula is C23H27NO. The van der Waals surface area contributed by atoms with Gasteiger partial charge in [-0.25, -0.2) is 0 Å². The second-order valence-electron chi connectivity index (χ2n) is 7.69. The molecule has 1 N–H and O–H groups in total. The lowest BCUT2D eigenvalue weighted by molar-refractivity contribution is 0.0980. The summed E-state index contributed by atoms with van der Waals surface area (Å²) in [6.45, 7) is 1.18. The molecule has 0 spiro atoms. The third-order valence-electron chi connectivity index (χ3n) is 5.50. The molecule has 25 heavy (non-hydrogen) atoms. The van der Waals surface area contributed by atoms with Gasteiger partial charge in [0.15, 0.2) is 5.78 Å². The number of Topliss-reactive ketones (excluding diaryl/α,β-unsaturated/α-hetero) is 1. The van der Waals surface area contributed by atoms with Crippen LogP contribution in [0.1, 0.15) is 59.5 Å². The summed E-state index contributed by atoms with van der Waals surface area (Å²) in [6, 6.07) is 19.4. The molecule has 2 aliphatic carbocycles. The van der Waals surface area contributed by atoms with Crippen molar-refractivity contribution < 1.29 is 4.79 Å². The van der Waals surface area contributed by atoms with Crippen molar-refractivity contribution in [1.29, 1.82) is 0 Å². The molecule has 0 bridgehead atoms. The van der Waals surface area contributed by atoms with E-state index in [0.29, 0.717) is 18.4 Å². The molecule has 0 aromatic heterocycles. The predicted molar refractivity (Wildman–Crippen MR) is 102 cm³/mol. The maximum absolute atomic E-state index is 12.5. The van der Waals surface area contributed by atoms with Gasteiger partial charge in [-0.2, -0.15) is 0 Å². The summed E-state index contributed by atoms with van der Waals surface area (Å²) in [7, 11) is 0.